The van der Waals surface area contributed by atoms with Gasteiger partial charge in [0.25, 0.3) is 5.91 Å². The number of nitrogens with zero attached hydrogens (tertiary/aromatic N) is 2. The quantitative estimate of drug-likeness (QED) is 0.469. The molecule has 0 aliphatic carbocycles. The Labute approximate surface area is 164 Å². The third-order valence-corrected chi connectivity index (χ3v) is 4.07. The van der Waals surface area contributed by atoms with Crippen molar-refractivity contribution in [3.63, 3.8) is 0 Å². The van der Waals surface area contributed by atoms with Crippen molar-refractivity contribution < 1.29 is 14.0 Å². The Kier molecular flexibility index (Phi) is 7.52. The minimum Gasteiger partial charge on any atom is -0.351 e. The van der Waals surface area contributed by atoms with Gasteiger partial charge in [-0.1, -0.05) is 26.8 Å². The Bertz CT molecular complexity index is 953. The number of halogens is 1. The Morgan fingerprint density at radius 3 is 2.71 bits per heavy atom. The third-order valence-electron chi connectivity index (χ3n) is 4.07. The number of carbonyl (C=O) groups is 1. The maximum atomic E-state index is 14.3. The average molecular weight is 386 g/mol. The van der Waals surface area contributed by atoms with E-state index >= 15 is 0 Å². The zero-order chi connectivity index (χ0) is 20.7. The fourth-order valence-corrected chi connectivity index (χ4v) is 2.80. The van der Waals surface area contributed by atoms with E-state index in [2.05, 4.69) is 15.8 Å². The monoisotopic (exact) mass is 386 g/mol. The zero-order valence-electron chi connectivity index (χ0n) is 17.0. The first-order valence-electron chi connectivity index (χ1n) is 9.40. The van der Waals surface area contributed by atoms with Crippen molar-refractivity contribution in [3.8, 4) is 0 Å². The van der Waals surface area contributed by atoms with Gasteiger partial charge in [-0.2, -0.15) is 0 Å². The van der Waals surface area contributed by atoms with E-state index in [1.165, 1.54) is 6.07 Å². The summed E-state index contributed by atoms with van der Waals surface area (Å²) in [5.41, 5.74) is 5.16. The highest BCUT2D eigenvalue weighted by Crippen LogP contribution is 2.33. The lowest BCUT2D eigenvalue weighted by Crippen LogP contribution is -2.26. The van der Waals surface area contributed by atoms with E-state index in [0.29, 0.717) is 18.0 Å². The van der Waals surface area contributed by atoms with Crippen molar-refractivity contribution >= 4 is 28.2 Å². The molecule has 0 fully saturated rings. The molecule has 0 aliphatic rings. The molecule has 150 valence electrons. The van der Waals surface area contributed by atoms with Crippen molar-refractivity contribution in [2.45, 2.75) is 34.1 Å². The van der Waals surface area contributed by atoms with E-state index in [0.717, 1.165) is 22.9 Å². The average Bonchev–Trinajstić information content (AvgIpc) is 2.98. The third kappa shape index (κ3) is 4.48. The van der Waals surface area contributed by atoms with Gasteiger partial charge in [0.05, 0.1) is 23.5 Å². The van der Waals surface area contributed by atoms with E-state index in [1.807, 2.05) is 27.7 Å². The van der Waals surface area contributed by atoms with Crippen LogP contribution in [-0.2, 0) is 11.9 Å². The first kappa shape index (κ1) is 21.4. The minimum absolute atomic E-state index is 0.287. The molecule has 1 aromatic carbocycles. The van der Waals surface area contributed by atoms with Crippen LogP contribution in [0.25, 0.3) is 10.9 Å². The van der Waals surface area contributed by atoms with Gasteiger partial charge in [0.1, 0.15) is 11.5 Å². The van der Waals surface area contributed by atoms with Gasteiger partial charge in [0.2, 0.25) is 0 Å². The van der Waals surface area contributed by atoms with E-state index in [1.54, 1.807) is 42.2 Å². The number of hydrogen-bond acceptors (Lipinski definition) is 4. The van der Waals surface area contributed by atoms with Gasteiger partial charge >= 0.3 is 0 Å². The van der Waals surface area contributed by atoms with Gasteiger partial charge in [0, 0.05) is 24.8 Å². The van der Waals surface area contributed by atoms with Gasteiger partial charge in [-0.25, -0.2) is 9.87 Å². The standard InChI is InChI=1S/C19H21FN4O2.C2H6/c1-4-9-26-23-19(25)18-17(13-11-21-8-7-16(13)24(18)3)22-15-6-5-12(2)10-14(15)20;1-2/h5-8,10-11,22H,4,9H2,1-3H3,(H,23,25);1-2H3. The van der Waals surface area contributed by atoms with Crippen LogP contribution in [0.1, 0.15) is 43.2 Å². The van der Waals surface area contributed by atoms with Crippen LogP contribution in [-0.4, -0.2) is 22.1 Å². The highest BCUT2D eigenvalue weighted by molar-refractivity contribution is 6.09. The Morgan fingerprint density at radius 2 is 2.04 bits per heavy atom. The number of aryl methyl sites for hydroxylation is 2. The van der Waals surface area contributed by atoms with Crippen LogP contribution in [0.3, 0.4) is 0 Å². The number of aromatic nitrogens is 2. The van der Waals surface area contributed by atoms with E-state index in [9.17, 15) is 9.18 Å². The number of benzene rings is 1. The minimum atomic E-state index is -0.410. The Hall–Kier alpha value is -2.93. The molecule has 1 amide bonds. The van der Waals surface area contributed by atoms with E-state index < -0.39 is 5.91 Å². The van der Waals surface area contributed by atoms with Crippen LogP contribution in [0.15, 0.2) is 36.7 Å². The molecular formula is C21H27FN4O2. The molecule has 7 heteroatoms. The number of anilines is 2. The SMILES string of the molecule is CC.CCCONC(=O)c1c(Nc2ccc(C)cc2F)c2cnccc2n1C. The molecule has 28 heavy (non-hydrogen) atoms. The van der Waals surface area contributed by atoms with Crippen LogP contribution in [0.4, 0.5) is 15.8 Å². The number of nitrogens with one attached hydrogen (secondary N) is 2. The number of fused-ring (bicyclic) bond motifs is 1. The molecule has 3 rings (SSSR count). The number of rotatable bonds is 6. The second-order valence-electron chi connectivity index (χ2n) is 6.06. The molecule has 2 N–H and O–H groups in total. The van der Waals surface area contributed by atoms with Gasteiger partial charge in [-0.15, -0.1) is 0 Å². The lowest BCUT2D eigenvalue weighted by Gasteiger charge is -2.11. The molecule has 0 saturated heterocycles. The molecule has 0 aliphatic heterocycles. The normalized spacial score (nSPS) is 10.4. The predicted octanol–water partition coefficient (Wildman–Crippen LogP) is 4.86. The van der Waals surface area contributed by atoms with Crippen LogP contribution >= 0.6 is 0 Å². The van der Waals surface area contributed by atoms with Gasteiger partial charge in [0.15, 0.2) is 0 Å². The largest absolute Gasteiger partial charge is 0.351 e. The van der Waals surface area contributed by atoms with Crippen LogP contribution < -0.4 is 10.8 Å². The summed E-state index contributed by atoms with van der Waals surface area (Å²) < 4.78 is 16.0. The van der Waals surface area contributed by atoms with Crippen molar-refractivity contribution in [1.82, 2.24) is 15.0 Å². The fourth-order valence-electron chi connectivity index (χ4n) is 2.80. The molecule has 0 saturated carbocycles. The maximum Gasteiger partial charge on any atom is 0.293 e. The first-order valence-corrected chi connectivity index (χ1v) is 9.40. The summed E-state index contributed by atoms with van der Waals surface area (Å²) in [5.74, 6) is -0.799. The number of hydrogen-bond donors (Lipinski definition) is 2. The van der Waals surface area contributed by atoms with Gasteiger partial charge in [-0.05, 0) is 37.1 Å². The molecule has 3 aromatic rings. The summed E-state index contributed by atoms with van der Waals surface area (Å²) in [4.78, 5) is 21.9. The molecule has 0 spiro atoms. The van der Waals surface area contributed by atoms with Crippen molar-refractivity contribution in [1.29, 1.82) is 0 Å². The molecule has 0 radical (unpaired) electrons. The number of amides is 1. The zero-order valence-corrected chi connectivity index (χ0v) is 17.0. The predicted molar refractivity (Wildman–Crippen MR) is 110 cm³/mol. The molecule has 0 bridgehead atoms. The molecular weight excluding hydrogens is 359 g/mol. The summed E-state index contributed by atoms with van der Waals surface area (Å²) in [7, 11) is 1.77. The summed E-state index contributed by atoms with van der Waals surface area (Å²) in [6, 6.07) is 6.69. The van der Waals surface area contributed by atoms with Crippen molar-refractivity contribution in [3.05, 3.63) is 53.7 Å². The van der Waals surface area contributed by atoms with Crippen LogP contribution in [0.2, 0.25) is 0 Å². The second-order valence-corrected chi connectivity index (χ2v) is 6.06. The highest BCUT2D eigenvalue weighted by atomic mass is 19.1. The number of carbonyl (C=O) groups excluding carboxylic acids is 1. The number of pyridine rings is 1. The number of hydroxylamine groups is 1. The van der Waals surface area contributed by atoms with Gasteiger partial charge in [-0.3, -0.25) is 14.6 Å². The highest BCUT2D eigenvalue weighted by Gasteiger charge is 2.22. The lowest BCUT2D eigenvalue weighted by molar-refractivity contribution is 0.0309. The van der Waals surface area contributed by atoms with Crippen molar-refractivity contribution in [2.75, 3.05) is 11.9 Å². The van der Waals surface area contributed by atoms with Crippen LogP contribution in [0, 0.1) is 12.7 Å². The van der Waals surface area contributed by atoms with Crippen molar-refractivity contribution in [2.24, 2.45) is 7.05 Å². The summed E-state index contributed by atoms with van der Waals surface area (Å²) in [6.45, 7) is 8.17. The molecule has 0 unspecified atom stereocenters. The smallest absolute Gasteiger partial charge is 0.293 e. The summed E-state index contributed by atoms with van der Waals surface area (Å²) in [6.07, 6.45) is 4.07. The summed E-state index contributed by atoms with van der Waals surface area (Å²) in [5, 5.41) is 3.77. The second kappa shape index (κ2) is 9.85. The summed E-state index contributed by atoms with van der Waals surface area (Å²) >= 11 is 0. The van der Waals surface area contributed by atoms with E-state index in [4.69, 9.17) is 4.84 Å². The Morgan fingerprint density at radius 1 is 1.29 bits per heavy atom. The van der Waals surface area contributed by atoms with Gasteiger partial charge < -0.3 is 9.88 Å². The first-order chi connectivity index (χ1) is 13.5. The lowest BCUT2D eigenvalue weighted by atomic mass is 10.2. The molecule has 0 atom stereocenters. The topological polar surface area (TPSA) is 68.2 Å². The fraction of sp³-hybridized carbons (Fsp3) is 0.333. The van der Waals surface area contributed by atoms with E-state index in [-0.39, 0.29) is 11.5 Å². The Balaban J connectivity index is 0.00000136. The molecule has 2 heterocycles. The van der Waals surface area contributed by atoms with Crippen LogP contribution in [0.5, 0.6) is 0 Å². The molecule has 6 nitrogen and oxygen atoms in total. The maximum absolute atomic E-state index is 14.3. The molecule has 2 aromatic heterocycles.